The fourth-order valence-corrected chi connectivity index (χ4v) is 13.8. The lowest BCUT2D eigenvalue weighted by atomic mass is 10.0. The summed E-state index contributed by atoms with van der Waals surface area (Å²) in [5.74, 6) is -0.152. The number of phosphoric acid groups is 1. The molecule has 0 aromatic heterocycles. The number of unbranched alkanes of at least 4 members (excludes halogenated alkanes) is 64. The number of quaternary nitrogens is 1. The number of hydrogen-bond donors (Lipinski definition) is 2. The summed E-state index contributed by atoms with van der Waals surface area (Å²) >= 11 is 0. The van der Waals surface area contributed by atoms with Crippen LogP contribution >= 0.6 is 7.82 Å². The van der Waals surface area contributed by atoms with Crippen LogP contribution in [0.15, 0.2) is 0 Å². The number of amides is 1. The third kappa shape index (κ3) is 72.9. The molecule has 0 aliphatic carbocycles. The Balaban J connectivity index is 3.88. The molecule has 2 N–H and O–H groups in total. The van der Waals surface area contributed by atoms with Crippen LogP contribution in [0.1, 0.15) is 450 Å². The molecule has 0 saturated carbocycles. The zero-order valence-electron chi connectivity index (χ0n) is 60.7. The Kier molecular flexibility index (Phi) is 70.4. The Bertz CT molecular complexity index is 1390. The second-order valence-electron chi connectivity index (χ2n) is 29.5. The Labute approximate surface area is 552 Å². The van der Waals surface area contributed by atoms with Crippen LogP contribution in [-0.4, -0.2) is 68.5 Å². The van der Waals surface area contributed by atoms with E-state index < -0.39 is 20.0 Å². The molecule has 3 atom stereocenters. The van der Waals surface area contributed by atoms with Crippen LogP contribution < -0.4 is 10.2 Å². The van der Waals surface area contributed by atoms with Crippen LogP contribution in [0, 0.1) is 0 Å². The van der Waals surface area contributed by atoms with Crippen molar-refractivity contribution in [2.24, 2.45) is 0 Å². The molecule has 0 radical (unpaired) electrons. The van der Waals surface area contributed by atoms with Crippen LogP contribution in [0.25, 0.3) is 0 Å². The molecule has 0 rings (SSSR count). The van der Waals surface area contributed by atoms with Gasteiger partial charge in [0.2, 0.25) is 5.91 Å². The predicted octanol–water partition coefficient (Wildman–Crippen LogP) is 25.6. The summed E-state index contributed by atoms with van der Waals surface area (Å²) < 4.78 is 23.6. The fourth-order valence-electron chi connectivity index (χ4n) is 13.1. The van der Waals surface area contributed by atoms with Gasteiger partial charge in [0.25, 0.3) is 7.82 Å². The molecule has 8 nitrogen and oxygen atoms in total. The Morgan fingerprint density at radius 1 is 0.352 bits per heavy atom. The number of aliphatic hydroxyl groups is 1. The van der Waals surface area contributed by atoms with Crippen LogP contribution in [0.2, 0.25) is 0 Å². The second-order valence-corrected chi connectivity index (χ2v) is 30.9. The first-order chi connectivity index (χ1) is 43.0. The van der Waals surface area contributed by atoms with Crippen molar-refractivity contribution in [1.29, 1.82) is 0 Å². The van der Waals surface area contributed by atoms with E-state index in [1.54, 1.807) is 0 Å². The molecule has 88 heavy (non-hydrogen) atoms. The number of carbonyl (C=O) groups is 1. The molecule has 0 spiro atoms. The molecular formula is C79H161N2O6P. The van der Waals surface area contributed by atoms with Gasteiger partial charge in [-0.15, -0.1) is 0 Å². The molecule has 528 valence electrons. The average molecular weight is 1270 g/mol. The van der Waals surface area contributed by atoms with E-state index in [4.69, 9.17) is 9.05 Å². The van der Waals surface area contributed by atoms with Crippen LogP contribution in [-0.2, 0) is 18.4 Å². The van der Waals surface area contributed by atoms with Gasteiger partial charge < -0.3 is 28.8 Å². The standard InChI is InChI=1S/C79H161N2O6P/c1-6-8-10-12-14-16-18-20-22-24-26-28-30-32-34-36-37-38-39-40-41-42-43-45-47-49-51-53-55-57-59-61-63-65-67-69-71-73-79(83)80-77(76-87-88(84,85)86-75-74-81(3,4)5)78(82)72-70-68-66-64-62-60-58-56-54-52-50-48-46-44-35-33-31-29-27-25-23-21-19-17-15-13-11-9-7-2/h77-78,82H,6-76H2,1-5H3,(H-,80,83,84,85). The van der Waals surface area contributed by atoms with Gasteiger partial charge in [-0.05, 0) is 12.8 Å². The summed E-state index contributed by atoms with van der Waals surface area (Å²) in [7, 11) is 1.34. The number of nitrogens with zero attached hydrogens (tertiary/aromatic N) is 1. The van der Waals surface area contributed by atoms with Gasteiger partial charge in [0.15, 0.2) is 0 Å². The number of likely N-dealkylation sites (N-methyl/N-ethyl adjacent to an activating group) is 1. The fraction of sp³-hybridized carbons (Fsp3) is 0.987. The number of phosphoric ester groups is 1. The van der Waals surface area contributed by atoms with E-state index in [-0.39, 0.29) is 19.1 Å². The smallest absolute Gasteiger partial charge is 0.268 e. The van der Waals surface area contributed by atoms with Crippen LogP contribution in [0.3, 0.4) is 0 Å². The number of aliphatic hydroxyl groups excluding tert-OH is 1. The quantitative estimate of drug-likeness (QED) is 0.0357. The lowest BCUT2D eigenvalue weighted by Gasteiger charge is -2.30. The monoisotopic (exact) mass is 1270 g/mol. The van der Waals surface area contributed by atoms with Crippen molar-refractivity contribution in [2.45, 2.75) is 463 Å². The van der Waals surface area contributed by atoms with Crippen molar-refractivity contribution in [3.8, 4) is 0 Å². The van der Waals surface area contributed by atoms with Crippen molar-refractivity contribution in [3.05, 3.63) is 0 Å². The van der Waals surface area contributed by atoms with Gasteiger partial charge in [0.1, 0.15) is 13.2 Å². The van der Waals surface area contributed by atoms with E-state index >= 15 is 0 Å². The molecule has 9 heteroatoms. The van der Waals surface area contributed by atoms with E-state index in [9.17, 15) is 19.4 Å². The highest BCUT2D eigenvalue weighted by atomic mass is 31.2. The number of rotatable bonds is 77. The molecular weight excluding hydrogens is 1100 g/mol. The molecule has 0 fully saturated rings. The van der Waals surface area contributed by atoms with Gasteiger partial charge in [-0.1, -0.05) is 431 Å². The molecule has 0 bridgehead atoms. The van der Waals surface area contributed by atoms with Crippen molar-refractivity contribution in [1.82, 2.24) is 5.32 Å². The molecule has 3 unspecified atom stereocenters. The van der Waals surface area contributed by atoms with Crippen molar-refractivity contribution in [3.63, 3.8) is 0 Å². The highest BCUT2D eigenvalue weighted by Gasteiger charge is 2.24. The summed E-state index contributed by atoms with van der Waals surface area (Å²) in [4.78, 5) is 25.7. The zero-order valence-corrected chi connectivity index (χ0v) is 61.6. The molecule has 0 aromatic carbocycles. The third-order valence-electron chi connectivity index (χ3n) is 19.3. The van der Waals surface area contributed by atoms with Crippen molar-refractivity contribution < 1.29 is 32.9 Å². The highest BCUT2D eigenvalue weighted by molar-refractivity contribution is 7.45. The van der Waals surface area contributed by atoms with E-state index in [1.165, 1.54) is 385 Å². The maximum absolute atomic E-state index is 13.1. The third-order valence-corrected chi connectivity index (χ3v) is 20.3. The maximum atomic E-state index is 13.1. The molecule has 0 heterocycles. The highest BCUT2D eigenvalue weighted by Crippen LogP contribution is 2.38. The normalized spacial score (nSPS) is 13.4. The molecule has 0 aromatic rings. The van der Waals surface area contributed by atoms with E-state index in [0.29, 0.717) is 23.9 Å². The Morgan fingerprint density at radius 2 is 0.557 bits per heavy atom. The molecule has 1 amide bonds. The summed E-state index contributed by atoms with van der Waals surface area (Å²) in [5.41, 5.74) is 0. The summed E-state index contributed by atoms with van der Waals surface area (Å²) in [6.07, 6.45) is 90.9. The summed E-state index contributed by atoms with van der Waals surface area (Å²) in [6, 6.07) is -0.798. The van der Waals surface area contributed by atoms with Gasteiger partial charge in [-0.25, -0.2) is 0 Å². The van der Waals surface area contributed by atoms with Gasteiger partial charge in [0, 0.05) is 6.42 Å². The lowest BCUT2D eigenvalue weighted by molar-refractivity contribution is -0.870. The van der Waals surface area contributed by atoms with Crippen LogP contribution in [0.4, 0.5) is 0 Å². The Hall–Kier alpha value is -0.500. The van der Waals surface area contributed by atoms with Crippen molar-refractivity contribution >= 4 is 13.7 Å². The molecule has 0 saturated heterocycles. The van der Waals surface area contributed by atoms with E-state index in [0.717, 1.165) is 38.5 Å². The Morgan fingerprint density at radius 3 is 0.773 bits per heavy atom. The van der Waals surface area contributed by atoms with Gasteiger partial charge in [-0.3, -0.25) is 9.36 Å². The first-order valence-electron chi connectivity index (χ1n) is 40.4. The first-order valence-corrected chi connectivity index (χ1v) is 41.8. The minimum absolute atomic E-state index is 0.0171. The number of hydrogen-bond acceptors (Lipinski definition) is 6. The topological polar surface area (TPSA) is 108 Å². The number of carbonyl (C=O) groups excluding carboxylic acids is 1. The van der Waals surface area contributed by atoms with Gasteiger partial charge in [-0.2, -0.15) is 0 Å². The van der Waals surface area contributed by atoms with Gasteiger partial charge in [0.05, 0.1) is 39.9 Å². The summed E-state index contributed by atoms with van der Waals surface area (Å²) in [6.45, 7) is 4.81. The second kappa shape index (κ2) is 70.8. The largest absolute Gasteiger partial charge is 0.756 e. The van der Waals surface area contributed by atoms with Crippen LogP contribution in [0.5, 0.6) is 0 Å². The van der Waals surface area contributed by atoms with Crippen molar-refractivity contribution in [2.75, 3.05) is 40.9 Å². The van der Waals surface area contributed by atoms with Gasteiger partial charge >= 0.3 is 0 Å². The molecule has 0 aliphatic heterocycles. The lowest BCUT2D eigenvalue weighted by Crippen LogP contribution is -2.46. The first kappa shape index (κ1) is 87.5. The predicted molar refractivity (Wildman–Crippen MR) is 386 cm³/mol. The molecule has 0 aliphatic rings. The van der Waals surface area contributed by atoms with E-state index in [1.807, 2.05) is 21.1 Å². The minimum Gasteiger partial charge on any atom is -0.756 e. The average Bonchev–Trinajstić information content (AvgIpc) is 3.70. The summed E-state index contributed by atoms with van der Waals surface area (Å²) in [5, 5.41) is 14.2. The zero-order chi connectivity index (χ0) is 64.1. The minimum atomic E-state index is -4.58. The van der Waals surface area contributed by atoms with E-state index in [2.05, 4.69) is 19.2 Å². The number of nitrogens with one attached hydrogen (secondary N) is 1. The SMILES string of the molecule is CCCCCCCCCCCCCCCCCCCCCCCCCCCCCCCCCCCCCCCC(=O)NC(COP(=O)([O-])OCC[N+](C)(C)C)C(O)CCCCCCCCCCCCCCCCCCCCCCCCCCCCCCC. The maximum Gasteiger partial charge on any atom is 0.268 e.